The Labute approximate surface area is 338 Å². The lowest BCUT2D eigenvalue weighted by Crippen LogP contribution is -2.10. The molecule has 12 aromatic rings. The van der Waals surface area contributed by atoms with Crippen molar-refractivity contribution < 1.29 is 8.83 Å². The minimum atomic E-state index is 0.900. The maximum atomic E-state index is 6.50. The minimum absolute atomic E-state index is 0.900. The smallest absolute Gasteiger partial charge is 0.143 e. The number of thiophene rings is 1. The van der Waals surface area contributed by atoms with Crippen LogP contribution in [0.5, 0.6) is 0 Å². The molecule has 0 saturated heterocycles. The van der Waals surface area contributed by atoms with Gasteiger partial charge < -0.3 is 13.7 Å². The zero-order chi connectivity index (χ0) is 38.2. The zero-order valence-corrected chi connectivity index (χ0v) is 32.0. The molecule has 4 heteroatoms. The Bertz CT molecular complexity index is 3520. The maximum absolute atomic E-state index is 6.50. The molecule has 0 aliphatic heterocycles. The molecule has 0 aliphatic rings. The van der Waals surface area contributed by atoms with E-state index in [1.807, 2.05) is 35.6 Å². The number of hydrogen-bond donors (Lipinski definition) is 0. The lowest BCUT2D eigenvalue weighted by molar-refractivity contribution is 0.669. The summed E-state index contributed by atoms with van der Waals surface area (Å²) in [6.45, 7) is 0. The molecule has 12 rings (SSSR count). The van der Waals surface area contributed by atoms with E-state index in [0.29, 0.717) is 0 Å². The van der Waals surface area contributed by atoms with E-state index in [-0.39, 0.29) is 0 Å². The molecule has 0 saturated carbocycles. The lowest BCUT2D eigenvalue weighted by Gasteiger charge is -2.27. The van der Waals surface area contributed by atoms with Gasteiger partial charge in [0.2, 0.25) is 0 Å². The normalized spacial score (nSPS) is 11.8. The average Bonchev–Trinajstić information content (AvgIpc) is 3.99. The first-order valence-corrected chi connectivity index (χ1v) is 20.4. The summed E-state index contributed by atoms with van der Waals surface area (Å²) < 4.78 is 15.4. The Morgan fingerprint density at radius 3 is 1.55 bits per heavy atom. The Kier molecular flexibility index (Phi) is 7.40. The fraction of sp³-hybridized carbons (Fsp3) is 0. The number of furan rings is 2. The molecule has 0 bridgehead atoms. The Balaban J connectivity index is 0.960. The van der Waals surface area contributed by atoms with Crippen LogP contribution in [0.25, 0.3) is 97.4 Å². The number of hydrogen-bond acceptors (Lipinski definition) is 4. The standard InChI is InChI=1S/C54H33NO2S/c1-4-22-49-42(13-1)45-18-8-16-40(52(45)56-49)36-27-25-34(26-28-36)35-29-31-38(32-30-35)55(48-21-10-20-47-44-15-3-6-24-51(44)58-54(47)48)39-12-7-11-37(33-39)41-17-9-19-46-43-14-2-5-23-50(43)57-53(41)46/h1-33H. The molecular weight excluding hydrogens is 727 g/mol. The van der Waals surface area contributed by atoms with Gasteiger partial charge in [0, 0.05) is 59.5 Å². The van der Waals surface area contributed by atoms with E-state index in [9.17, 15) is 0 Å². The third-order valence-electron chi connectivity index (χ3n) is 11.5. The van der Waals surface area contributed by atoms with Crippen molar-refractivity contribution in [1.29, 1.82) is 0 Å². The number of anilines is 3. The summed E-state index contributed by atoms with van der Waals surface area (Å²) in [6, 6.07) is 71.4. The number of rotatable bonds is 6. The fourth-order valence-corrected chi connectivity index (χ4v) is 9.95. The van der Waals surface area contributed by atoms with Crippen LogP contribution in [-0.2, 0) is 0 Å². The van der Waals surface area contributed by atoms with Gasteiger partial charge in [-0.1, -0.05) is 152 Å². The molecule has 0 amide bonds. The molecule has 0 fully saturated rings. The van der Waals surface area contributed by atoms with Crippen molar-refractivity contribution in [2.24, 2.45) is 0 Å². The maximum Gasteiger partial charge on any atom is 0.143 e. The number of benzene rings is 9. The second-order valence-corrected chi connectivity index (χ2v) is 15.9. The second kappa shape index (κ2) is 13.1. The summed E-state index contributed by atoms with van der Waals surface area (Å²) in [5, 5.41) is 7.09. The Morgan fingerprint density at radius 2 is 0.862 bits per heavy atom. The molecule has 0 radical (unpaired) electrons. The molecule has 0 atom stereocenters. The molecule has 0 unspecified atom stereocenters. The van der Waals surface area contributed by atoms with E-state index in [1.54, 1.807) is 0 Å². The average molecular weight is 760 g/mol. The van der Waals surface area contributed by atoms with E-state index in [4.69, 9.17) is 8.83 Å². The number of nitrogens with zero attached hydrogens (tertiary/aromatic N) is 1. The molecule has 0 N–H and O–H groups in total. The van der Waals surface area contributed by atoms with Gasteiger partial charge in [-0.2, -0.15) is 0 Å². The molecule has 3 nitrogen and oxygen atoms in total. The van der Waals surface area contributed by atoms with E-state index < -0.39 is 0 Å². The van der Waals surface area contributed by atoms with E-state index >= 15 is 0 Å². The van der Waals surface area contributed by atoms with Crippen LogP contribution in [0.15, 0.2) is 209 Å². The van der Waals surface area contributed by atoms with Gasteiger partial charge in [-0.3, -0.25) is 0 Å². The predicted octanol–water partition coefficient (Wildman–Crippen LogP) is 16.3. The van der Waals surface area contributed by atoms with Gasteiger partial charge in [0.15, 0.2) is 0 Å². The topological polar surface area (TPSA) is 29.5 Å². The van der Waals surface area contributed by atoms with E-state index in [2.05, 4.69) is 181 Å². The molecule has 9 aromatic carbocycles. The van der Waals surface area contributed by atoms with Crippen LogP contribution in [0.3, 0.4) is 0 Å². The van der Waals surface area contributed by atoms with Crippen molar-refractivity contribution in [3.8, 4) is 33.4 Å². The monoisotopic (exact) mass is 759 g/mol. The van der Waals surface area contributed by atoms with Crippen LogP contribution in [-0.4, -0.2) is 0 Å². The predicted molar refractivity (Wildman–Crippen MR) is 245 cm³/mol. The van der Waals surface area contributed by atoms with E-state index in [1.165, 1.54) is 20.2 Å². The first-order valence-electron chi connectivity index (χ1n) is 19.6. The Morgan fingerprint density at radius 1 is 0.345 bits per heavy atom. The molecule has 0 aliphatic carbocycles. The summed E-state index contributed by atoms with van der Waals surface area (Å²) >= 11 is 1.85. The summed E-state index contributed by atoms with van der Waals surface area (Å²) in [4.78, 5) is 2.40. The molecule has 3 heterocycles. The van der Waals surface area contributed by atoms with Crippen molar-refractivity contribution in [2.45, 2.75) is 0 Å². The Hall–Kier alpha value is -7.40. The third kappa shape index (κ3) is 5.19. The van der Waals surface area contributed by atoms with Gasteiger partial charge in [-0.25, -0.2) is 0 Å². The van der Waals surface area contributed by atoms with Crippen LogP contribution in [0, 0.1) is 0 Å². The number of fused-ring (bicyclic) bond motifs is 9. The van der Waals surface area contributed by atoms with Gasteiger partial charge in [-0.05, 0) is 70.8 Å². The first-order chi connectivity index (χ1) is 28.7. The highest BCUT2D eigenvalue weighted by Crippen LogP contribution is 2.46. The van der Waals surface area contributed by atoms with Crippen LogP contribution in [0.2, 0.25) is 0 Å². The van der Waals surface area contributed by atoms with Crippen LogP contribution in [0.1, 0.15) is 0 Å². The van der Waals surface area contributed by atoms with E-state index in [0.717, 1.165) is 94.3 Å². The number of para-hydroxylation sites is 4. The molecule has 58 heavy (non-hydrogen) atoms. The molecule has 0 spiro atoms. The SMILES string of the molecule is c1cc(-c2cccc3c2oc2ccccc23)cc(N(c2ccc(-c3ccc(-c4cccc5c4oc4ccccc45)cc3)cc2)c2cccc3c2sc2ccccc23)c1. The van der Waals surface area contributed by atoms with Crippen molar-refractivity contribution in [2.75, 3.05) is 4.90 Å². The van der Waals surface area contributed by atoms with Crippen LogP contribution in [0.4, 0.5) is 17.1 Å². The fourth-order valence-electron chi connectivity index (χ4n) is 8.74. The largest absolute Gasteiger partial charge is 0.455 e. The van der Waals surface area contributed by atoms with Crippen molar-refractivity contribution in [3.63, 3.8) is 0 Å². The highest BCUT2D eigenvalue weighted by atomic mass is 32.1. The van der Waals surface area contributed by atoms with Gasteiger partial charge in [0.25, 0.3) is 0 Å². The molecule has 3 aromatic heterocycles. The van der Waals surface area contributed by atoms with Crippen LogP contribution < -0.4 is 4.90 Å². The van der Waals surface area contributed by atoms with Gasteiger partial charge in [-0.15, -0.1) is 11.3 Å². The molecular formula is C54H33NO2S. The summed E-state index contributed by atoms with van der Waals surface area (Å²) in [5.74, 6) is 0. The van der Waals surface area contributed by atoms with Gasteiger partial charge in [0.1, 0.15) is 22.3 Å². The second-order valence-electron chi connectivity index (χ2n) is 14.8. The first kappa shape index (κ1) is 32.8. The van der Waals surface area contributed by atoms with Crippen molar-refractivity contribution >= 4 is 92.4 Å². The summed E-state index contributed by atoms with van der Waals surface area (Å²) in [5.41, 5.74) is 13.7. The quantitative estimate of drug-likeness (QED) is 0.169. The third-order valence-corrected chi connectivity index (χ3v) is 12.7. The highest BCUT2D eigenvalue weighted by Gasteiger charge is 2.20. The van der Waals surface area contributed by atoms with Crippen molar-refractivity contribution in [1.82, 2.24) is 0 Å². The van der Waals surface area contributed by atoms with Gasteiger partial charge >= 0.3 is 0 Å². The summed E-state index contributed by atoms with van der Waals surface area (Å²) in [7, 11) is 0. The van der Waals surface area contributed by atoms with Crippen LogP contribution >= 0.6 is 11.3 Å². The molecule has 272 valence electrons. The van der Waals surface area contributed by atoms with Gasteiger partial charge in [0.05, 0.1) is 10.4 Å². The highest BCUT2D eigenvalue weighted by molar-refractivity contribution is 7.26. The summed E-state index contributed by atoms with van der Waals surface area (Å²) in [6.07, 6.45) is 0. The lowest BCUT2D eigenvalue weighted by atomic mass is 9.98. The minimum Gasteiger partial charge on any atom is -0.455 e. The van der Waals surface area contributed by atoms with Crippen molar-refractivity contribution in [3.05, 3.63) is 200 Å². The zero-order valence-electron chi connectivity index (χ0n) is 31.2.